The van der Waals surface area contributed by atoms with Gasteiger partial charge < -0.3 is 10.1 Å². The van der Waals surface area contributed by atoms with Crippen LogP contribution in [0.2, 0.25) is 0 Å². The van der Waals surface area contributed by atoms with Crippen molar-refractivity contribution in [3.63, 3.8) is 0 Å². The third kappa shape index (κ3) is 3.68. The molecular weight excluding hydrogens is 281 g/mol. The average Bonchev–Trinajstić information content (AvgIpc) is 2.48. The van der Waals surface area contributed by atoms with Gasteiger partial charge in [-0.3, -0.25) is 4.90 Å². The second kappa shape index (κ2) is 6.66. The van der Waals surface area contributed by atoms with Gasteiger partial charge in [0, 0.05) is 32.2 Å². The quantitative estimate of drug-likeness (QED) is 0.925. The first-order chi connectivity index (χ1) is 9.97. The summed E-state index contributed by atoms with van der Waals surface area (Å²) >= 11 is 0. The number of nitrogens with zero attached hydrogens (tertiary/aromatic N) is 1. The number of hydrogen-bond donors (Lipinski definition) is 1. The molecule has 0 unspecified atom stereocenters. The van der Waals surface area contributed by atoms with Gasteiger partial charge in [-0.2, -0.15) is 13.2 Å². The van der Waals surface area contributed by atoms with Crippen molar-refractivity contribution in [2.75, 3.05) is 33.3 Å². The molecule has 1 fully saturated rings. The molecule has 0 bridgehead atoms. The molecule has 1 N–H and O–H groups in total. The van der Waals surface area contributed by atoms with E-state index in [-0.39, 0.29) is 11.8 Å². The maximum Gasteiger partial charge on any atom is 0.416 e. The van der Waals surface area contributed by atoms with Gasteiger partial charge in [-0.05, 0) is 24.1 Å². The van der Waals surface area contributed by atoms with E-state index >= 15 is 0 Å². The van der Waals surface area contributed by atoms with Gasteiger partial charge in [-0.25, -0.2) is 0 Å². The van der Waals surface area contributed by atoms with Crippen molar-refractivity contribution in [2.24, 2.45) is 0 Å². The Hall–Kier alpha value is -1.27. The molecule has 0 amide bonds. The van der Waals surface area contributed by atoms with Crippen LogP contribution in [-0.2, 0) is 6.18 Å². The van der Waals surface area contributed by atoms with Crippen LogP contribution < -0.4 is 10.1 Å². The van der Waals surface area contributed by atoms with Crippen LogP contribution >= 0.6 is 0 Å². The highest BCUT2D eigenvalue weighted by Crippen LogP contribution is 2.39. The molecule has 0 spiro atoms. The molecule has 1 atom stereocenters. The fourth-order valence-corrected chi connectivity index (χ4v) is 2.87. The highest BCUT2D eigenvalue weighted by Gasteiger charge is 2.36. The number of benzene rings is 1. The summed E-state index contributed by atoms with van der Waals surface area (Å²) in [6.45, 7) is 5.09. The average molecular weight is 302 g/mol. The molecule has 1 aromatic rings. The number of nitrogens with one attached hydrogen (secondary N) is 1. The smallest absolute Gasteiger partial charge is 0.416 e. The number of hydrogen-bond acceptors (Lipinski definition) is 3. The monoisotopic (exact) mass is 302 g/mol. The van der Waals surface area contributed by atoms with Gasteiger partial charge in [0.15, 0.2) is 0 Å². The SMILES string of the molecule is CC[C@H](c1ccc(OC)cc1C(F)(F)F)N1CCNCC1. The zero-order valence-electron chi connectivity index (χ0n) is 12.3. The second-order valence-corrected chi connectivity index (χ2v) is 5.16. The lowest BCUT2D eigenvalue weighted by Crippen LogP contribution is -2.45. The molecule has 0 aliphatic carbocycles. The number of methoxy groups -OCH3 is 1. The Bertz CT molecular complexity index is 470. The molecule has 21 heavy (non-hydrogen) atoms. The molecule has 1 heterocycles. The standard InChI is InChI=1S/C15H21F3N2O/c1-3-14(20-8-6-19-7-9-20)12-5-4-11(21-2)10-13(12)15(16,17)18/h4-5,10,14,19H,3,6-9H2,1-2H3/t14-/m1/s1. The Labute approximate surface area is 123 Å². The normalized spacial score (nSPS) is 18.5. The maximum atomic E-state index is 13.3. The zero-order valence-corrected chi connectivity index (χ0v) is 12.3. The van der Waals surface area contributed by atoms with E-state index in [1.165, 1.54) is 7.11 Å². The second-order valence-electron chi connectivity index (χ2n) is 5.16. The molecule has 1 aliphatic rings. The summed E-state index contributed by atoms with van der Waals surface area (Å²) < 4.78 is 45.0. The van der Waals surface area contributed by atoms with Crippen LogP contribution in [0.15, 0.2) is 18.2 Å². The van der Waals surface area contributed by atoms with Crippen molar-refractivity contribution in [2.45, 2.75) is 25.6 Å². The summed E-state index contributed by atoms with van der Waals surface area (Å²) in [6.07, 6.45) is -3.72. The summed E-state index contributed by atoms with van der Waals surface area (Å²) in [4.78, 5) is 2.12. The molecule has 0 radical (unpaired) electrons. The molecule has 1 aliphatic heterocycles. The largest absolute Gasteiger partial charge is 0.497 e. The third-order valence-electron chi connectivity index (χ3n) is 3.90. The lowest BCUT2D eigenvalue weighted by atomic mass is 9.96. The summed E-state index contributed by atoms with van der Waals surface area (Å²) in [5.41, 5.74) is -0.250. The lowest BCUT2D eigenvalue weighted by molar-refractivity contribution is -0.139. The predicted octanol–water partition coefficient (Wildman–Crippen LogP) is 3.07. The minimum absolute atomic E-state index is 0.213. The third-order valence-corrected chi connectivity index (χ3v) is 3.90. The van der Waals surface area contributed by atoms with E-state index in [9.17, 15) is 13.2 Å². The van der Waals surface area contributed by atoms with Crippen molar-refractivity contribution in [3.05, 3.63) is 29.3 Å². The molecule has 2 rings (SSSR count). The van der Waals surface area contributed by atoms with Crippen molar-refractivity contribution in [3.8, 4) is 5.75 Å². The van der Waals surface area contributed by atoms with Gasteiger partial charge in [0.05, 0.1) is 12.7 Å². The Morgan fingerprint density at radius 3 is 2.48 bits per heavy atom. The van der Waals surface area contributed by atoms with Crippen molar-refractivity contribution in [1.82, 2.24) is 10.2 Å². The fraction of sp³-hybridized carbons (Fsp3) is 0.600. The van der Waals surface area contributed by atoms with Gasteiger partial charge in [0.25, 0.3) is 0 Å². The molecular formula is C15H21F3N2O. The highest BCUT2D eigenvalue weighted by molar-refractivity contribution is 5.39. The van der Waals surface area contributed by atoms with Gasteiger partial charge in [-0.1, -0.05) is 13.0 Å². The Morgan fingerprint density at radius 2 is 1.95 bits per heavy atom. The van der Waals surface area contributed by atoms with E-state index in [0.717, 1.165) is 32.2 Å². The fourth-order valence-electron chi connectivity index (χ4n) is 2.87. The molecule has 6 heteroatoms. The first kappa shape index (κ1) is 16.1. The summed E-state index contributed by atoms with van der Waals surface area (Å²) in [6, 6.07) is 4.04. The molecule has 118 valence electrons. The molecule has 0 aromatic heterocycles. The summed E-state index contributed by atoms with van der Waals surface area (Å²) in [5.74, 6) is 0.237. The van der Waals surface area contributed by atoms with Crippen molar-refractivity contribution in [1.29, 1.82) is 0 Å². The van der Waals surface area contributed by atoms with Crippen molar-refractivity contribution < 1.29 is 17.9 Å². The topological polar surface area (TPSA) is 24.5 Å². The van der Waals surface area contributed by atoms with Gasteiger partial charge in [0.2, 0.25) is 0 Å². The number of ether oxygens (including phenoxy) is 1. The summed E-state index contributed by atoms with van der Waals surface area (Å²) in [5, 5.41) is 3.22. The van der Waals surface area contributed by atoms with E-state index in [1.54, 1.807) is 12.1 Å². The summed E-state index contributed by atoms with van der Waals surface area (Å²) in [7, 11) is 1.38. The number of rotatable bonds is 4. The van der Waals surface area contributed by atoms with Crippen LogP contribution in [0.1, 0.15) is 30.5 Å². The molecule has 3 nitrogen and oxygen atoms in total. The molecule has 0 saturated carbocycles. The molecule has 1 aromatic carbocycles. The number of halogens is 3. The first-order valence-corrected chi connectivity index (χ1v) is 7.17. The van der Waals surface area contributed by atoms with Crippen LogP contribution in [0, 0.1) is 0 Å². The van der Waals surface area contributed by atoms with Crippen molar-refractivity contribution >= 4 is 0 Å². The van der Waals surface area contributed by atoms with E-state index in [1.807, 2.05) is 6.92 Å². The molecule has 1 saturated heterocycles. The van der Waals surface area contributed by atoms with E-state index in [2.05, 4.69) is 10.2 Å². The van der Waals surface area contributed by atoms with E-state index in [4.69, 9.17) is 4.74 Å². The lowest BCUT2D eigenvalue weighted by Gasteiger charge is -2.35. The zero-order chi connectivity index (χ0) is 15.5. The minimum Gasteiger partial charge on any atom is -0.497 e. The Kier molecular flexibility index (Phi) is 5.11. The first-order valence-electron chi connectivity index (χ1n) is 7.17. The van der Waals surface area contributed by atoms with Gasteiger partial charge in [-0.15, -0.1) is 0 Å². The van der Waals surface area contributed by atoms with E-state index in [0.29, 0.717) is 12.0 Å². The van der Waals surface area contributed by atoms with Gasteiger partial charge in [0.1, 0.15) is 5.75 Å². The minimum atomic E-state index is -4.37. The van der Waals surface area contributed by atoms with E-state index < -0.39 is 11.7 Å². The van der Waals surface area contributed by atoms with Crippen LogP contribution in [0.25, 0.3) is 0 Å². The Balaban J connectivity index is 2.39. The highest BCUT2D eigenvalue weighted by atomic mass is 19.4. The van der Waals surface area contributed by atoms with Crippen LogP contribution in [-0.4, -0.2) is 38.2 Å². The van der Waals surface area contributed by atoms with Crippen LogP contribution in [0.4, 0.5) is 13.2 Å². The van der Waals surface area contributed by atoms with Crippen LogP contribution in [0.3, 0.4) is 0 Å². The number of piperazine rings is 1. The maximum absolute atomic E-state index is 13.3. The Morgan fingerprint density at radius 1 is 1.29 bits per heavy atom. The number of alkyl halides is 3. The van der Waals surface area contributed by atoms with Crippen LogP contribution in [0.5, 0.6) is 5.75 Å². The van der Waals surface area contributed by atoms with Gasteiger partial charge >= 0.3 is 6.18 Å². The predicted molar refractivity (Wildman–Crippen MR) is 75.5 cm³/mol.